The quantitative estimate of drug-likeness (QED) is 0.271. The number of aryl methyl sites for hydroxylation is 1. The molecule has 0 amide bonds. The minimum Gasteiger partial charge on any atom is -0.378 e. The van der Waals surface area contributed by atoms with E-state index in [0.29, 0.717) is 37.3 Å². The number of fused-ring (bicyclic) bond motifs is 1. The van der Waals surface area contributed by atoms with Crippen LogP contribution in [0, 0.1) is 11.6 Å². The van der Waals surface area contributed by atoms with Crippen molar-refractivity contribution >= 4 is 22.4 Å². The SMILES string of the molecule is CC(C)c1c(C(=O)CCc2ccc(F)c(F)c2)c2ccc(N3CCOCC3)cc2n1Cc1ccccn1. The summed E-state index contributed by atoms with van der Waals surface area (Å²) in [6.45, 7) is 7.77. The van der Waals surface area contributed by atoms with Gasteiger partial charge in [0.25, 0.3) is 0 Å². The van der Waals surface area contributed by atoms with Gasteiger partial charge in [-0.05, 0) is 54.3 Å². The molecule has 192 valence electrons. The first-order valence-electron chi connectivity index (χ1n) is 12.8. The van der Waals surface area contributed by atoms with E-state index in [0.717, 1.165) is 47.1 Å². The smallest absolute Gasteiger partial charge is 0.165 e. The molecule has 1 saturated heterocycles. The van der Waals surface area contributed by atoms with E-state index in [1.807, 2.05) is 24.3 Å². The molecular formula is C30H31F2N3O2. The van der Waals surface area contributed by atoms with E-state index < -0.39 is 11.6 Å². The third-order valence-corrected chi connectivity index (χ3v) is 6.96. The molecule has 1 aliphatic rings. The van der Waals surface area contributed by atoms with E-state index in [2.05, 4.69) is 40.4 Å². The van der Waals surface area contributed by atoms with Crippen LogP contribution in [0.5, 0.6) is 0 Å². The molecule has 0 radical (unpaired) electrons. The number of hydrogen-bond donors (Lipinski definition) is 0. The lowest BCUT2D eigenvalue weighted by Gasteiger charge is -2.29. The van der Waals surface area contributed by atoms with Crippen molar-refractivity contribution in [3.63, 3.8) is 0 Å². The Morgan fingerprint density at radius 3 is 2.54 bits per heavy atom. The molecule has 0 unspecified atom stereocenters. The highest BCUT2D eigenvalue weighted by Gasteiger charge is 2.25. The fourth-order valence-electron chi connectivity index (χ4n) is 5.17. The highest BCUT2D eigenvalue weighted by atomic mass is 19.2. The Bertz CT molecular complexity index is 1410. The van der Waals surface area contributed by atoms with Gasteiger partial charge in [-0.25, -0.2) is 8.78 Å². The van der Waals surface area contributed by atoms with Gasteiger partial charge in [0, 0.05) is 48.0 Å². The summed E-state index contributed by atoms with van der Waals surface area (Å²) in [5.41, 5.74) is 5.29. The first-order valence-corrected chi connectivity index (χ1v) is 12.8. The van der Waals surface area contributed by atoms with E-state index in [9.17, 15) is 13.6 Å². The third-order valence-electron chi connectivity index (χ3n) is 6.96. The molecule has 37 heavy (non-hydrogen) atoms. The van der Waals surface area contributed by atoms with Gasteiger partial charge in [-0.1, -0.05) is 32.0 Å². The molecule has 1 aliphatic heterocycles. The molecule has 0 atom stereocenters. The summed E-state index contributed by atoms with van der Waals surface area (Å²) in [5.74, 6) is -1.69. The van der Waals surface area contributed by atoms with Gasteiger partial charge in [0.2, 0.25) is 0 Å². The molecule has 0 spiro atoms. The first kappa shape index (κ1) is 25.1. The summed E-state index contributed by atoms with van der Waals surface area (Å²) in [6.07, 6.45) is 2.33. The van der Waals surface area contributed by atoms with Gasteiger partial charge in [0.05, 0.1) is 31.0 Å². The fraction of sp³-hybridized carbons (Fsp3) is 0.333. The molecule has 5 nitrogen and oxygen atoms in total. The zero-order valence-electron chi connectivity index (χ0n) is 21.2. The van der Waals surface area contributed by atoms with Crippen LogP contribution >= 0.6 is 0 Å². The molecule has 0 N–H and O–H groups in total. The van der Waals surface area contributed by atoms with Gasteiger partial charge < -0.3 is 14.2 Å². The highest BCUT2D eigenvalue weighted by Crippen LogP contribution is 2.35. The summed E-state index contributed by atoms with van der Waals surface area (Å²) in [5, 5.41) is 0.909. The van der Waals surface area contributed by atoms with Crippen molar-refractivity contribution in [2.24, 2.45) is 0 Å². The number of aromatic nitrogens is 2. The monoisotopic (exact) mass is 503 g/mol. The Balaban J connectivity index is 1.57. The number of carbonyl (C=O) groups excluding carboxylic acids is 1. The summed E-state index contributed by atoms with van der Waals surface area (Å²) < 4.78 is 34.8. The van der Waals surface area contributed by atoms with Crippen molar-refractivity contribution < 1.29 is 18.3 Å². The van der Waals surface area contributed by atoms with Crippen molar-refractivity contribution in [3.8, 4) is 0 Å². The molecule has 0 bridgehead atoms. The summed E-state index contributed by atoms with van der Waals surface area (Å²) in [7, 11) is 0. The molecule has 2 aromatic heterocycles. The van der Waals surface area contributed by atoms with Gasteiger partial charge in [-0.2, -0.15) is 0 Å². The molecule has 5 rings (SSSR count). The van der Waals surface area contributed by atoms with Gasteiger partial charge in [-0.3, -0.25) is 9.78 Å². The predicted molar refractivity (Wildman–Crippen MR) is 141 cm³/mol. The number of ketones is 1. The van der Waals surface area contributed by atoms with Crippen LogP contribution in [0.25, 0.3) is 10.9 Å². The topological polar surface area (TPSA) is 47.4 Å². The number of Topliss-reactive ketones (excluding diaryl/α,β-unsaturated/α-hetero) is 1. The van der Waals surface area contributed by atoms with Crippen LogP contribution in [0.15, 0.2) is 60.8 Å². The lowest BCUT2D eigenvalue weighted by Crippen LogP contribution is -2.36. The normalized spacial score (nSPS) is 14.0. The maximum Gasteiger partial charge on any atom is 0.165 e. The van der Waals surface area contributed by atoms with E-state index in [1.165, 1.54) is 12.1 Å². The standard InChI is InChI=1S/C30H31F2N3O2/c1-20(2)30-29(28(36)11-7-21-6-10-25(31)26(32)17-21)24-9-8-23(34-13-15-37-16-14-34)18-27(24)35(30)19-22-5-3-4-12-33-22/h3-6,8-10,12,17-18,20H,7,11,13-16,19H2,1-2H3. The highest BCUT2D eigenvalue weighted by molar-refractivity contribution is 6.10. The van der Waals surface area contributed by atoms with Gasteiger partial charge in [0.1, 0.15) is 0 Å². The molecular weight excluding hydrogens is 472 g/mol. The lowest BCUT2D eigenvalue weighted by molar-refractivity contribution is 0.0982. The first-order chi connectivity index (χ1) is 17.9. The van der Waals surface area contributed by atoms with Gasteiger partial charge in [0.15, 0.2) is 17.4 Å². The van der Waals surface area contributed by atoms with Crippen molar-refractivity contribution in [1.82, 2.24) is 9.55 Å². The van der Waals surface area contributed by atoms with Gasteiger partial charge in [-0.15, -0.1) is 0 Å². The van der Waals surface area contributed by atoms with Crippen LogP contribution in [0.3, 0.4) is 0 Å². The Labute approximate surface area is 215 Å². The third kappa shape index (κ3) is 5.27. The van der Waals surface area contributed by atoms with Crippen molar-refractivity contribution in [2.45, 2.75) is 39.2 Å². The second-order valence-electron chi connectivity index (χ2n) is 9.79. The Morgan fingerprint density at radius 1 is 1.03 bits per heavy atom. The number of nitrogens with zero attached hydrogens (tertiary/aromatic N) is 3. The summed E-state index contributed by atoms with van der Waals surface area (Å²) in [6, 6.07) is 16.0. The summed E-state index contributed by atoms with van der Waals surface area (Å²) in [4.78, 5) is 20.6. The van der Waals surface area contributed by atoms with Crippen LogP contribution in [-0.4, -0.2) is 41.6 Å². The predicted octanol–water partition coefficient (Wildman–Crippen LogP) is 6.14. The minimum absolute atomic E-state index is 0.00248. The van der Waals surface area contributed by atoms with Crippen LogP contribution < -0.4 is 4.90 Å². The second-order valence-corrected chi connectivity index (χ2v) is 9.79. The van der Waals surface area contributed by atoms with E-state index in [1.54, 1.807) is 6.20 Å². The lowest BCUT2D eigenvalue weighted by atomic mass is 9.96. The average Bonchev–Trinajstić information content (AvgIpc) is 3.24. The molecule has 1 fully saturated rings. The number of pyridine rings is 1. The molecule has 0 saturated carbocycles. The van der Waals surface area contributed by atoms with Crippen LogP contribution in [0.4, 0.5) is 14.5 Å². The van der Waals surface area contributed by atoms with Crippen molar-refractivity contribution in [2.75, 3.05) is 31.2 Å². The largest absolute Gasteiger partial charge is 0.378 e. The number of hydrogen-bond acceptors (Lipinski definition) is 4. The van der Waals surface area contributed by atoms with E-state index >= 15 is 0 Å². The number of rotatable bonds is 8. The maximum atomic E-state index is 13.7. The second kappa shape index (κ2) is 10.8. The van der Waals surface area contributed by atoms with E-state index in [4.69, 9.17) is 4.74 Å². The Morgan fingerprint density at radius 2 is 1.84 bits per heavy atom. The summed E-state index contributed by atoms with van der Waals surface area (Å²) >= 11 is 0. The molecule has 7 heteroatoms. The number of carbonyl (C=O) groups is 1. The van der Waals surface area contributed by atoms with Crippen molar-refractivity contribution in [3.05, 3.63) is 94.9 Å². The van der Waals surface area contributed by atoms with Crippen molar-refractivity contribution in [1.29, 1.82) is 0 Å². The molecule has 3 heterocycles. The number of benzene rings is 2. The number of ether oxygens (including phenoxy) is 1. The molecule has 4 aromatic rings. The van der Waals surface area contributed by atoms with Crippen LogP contribution in [0.1, 0.15) is 53.5 Å². The molecule has 2 aromatic carbocycles. The molecule has 0 aliphatic carbocycles. The van der Waals surface area contributed by atoms with E-state index in [-0.39, 0.29) is 18.1 Å². The van der Waals surface area contributed by atoms with Gasteiger partial charge >= 0.3 is 0 Å². The maximum absolute atomic E-state index is 13.7. The number of morpholine rings is 1. The number of halogens is 2. The fourth-order valence-corrected chi connectivity index (χ4v) is 5.17. The number of anilines is 1. The Hall–Kier alpha value is -3.58. The zero-order valence-corrected chi connectivity index (χ0v) is 21.2. The minimum atomic E-state index is -0.893. The van der Waals surface area contributed by atoms with Crippen LogP contribution in [0.2, 0.25) is 0 Å². The zero-order chi connectivity index (χ0) is 25.9. The average molecular weight is 504 g/mol. The van der Waals surface area contributed by atoms with Crippen LogP contribution in [-0.2, 0) is 17.7 Å². The Kier molecular flexibility index (Phi) is 7.33.